The van der Waals surface area contributed by atoms with Crippen LogP contribution in [0.3, 0.4) is 0 Å². The quantitative estimate of drug-likeness (QED) is 0.856. The van der Waals surface area contributed by atoms with Gasteiger partial charge in [0.15, 0.2) is 0 Å². The highest BCUT2D eigenvalue weighted by Crippen LogP contribution is 2.48. The van der Waals surface area contributed by atoms with Gasteiger partial charge in [-0.25, -0.2) is 0 Å². The van der Waals surface area contributed by atoms with Gasteiger partial charge in [-0.3, -0.25) is 9.78 Å². The number of pyridine rings is 1. The van der Waals surface area contributed by atoms with Crippen LogP contribution in [0.5, 0.6) is 0 Å². The smallest absolute Gasteiger partial charge is 0.313 e. The van der Waals surface area contributed by atoms with Crippen molar-refractivity contribution < 1.29 is 9.53 Å². The maximum atomic E-state index is 12.4. The Bertz CT molecular complexity index is 661. The SMILES string of the molecule is COC(=O)C(CN)(Cc1ccnc2ccccc12)C1CC1. The Morgan fingerprint density at radius 1 is 1.38 bits per heavy atom. The third-order valence-corrected chi connectivity index (χ3v) is 4.56. The zero-order chi connectivity index (χ0) is 14.9. The molecule has 1 aromatic carbocycles. The monoisotopic (exact) mass is 284 g/mol. The van der Waals surface area contributed by atoms with Crippen molar-refractivity contribution in [1.29, 1.82) is 0 Å². The predicted octanol–water partition coefficient (Wildman–Crippen LogP) is 2.31. The molecule has 1 fully saturated rings. The maximum Gasteiger partial charge on any atom is 0.313 e. The van der Waals surface area contributed by atoms with Gasteiger partial charge in [-0.2, -0.15) is 0 Å². The van der Waals surface area contributed by atoms with Gasteiger partial charge in [0.2, 0.25) is 0 Å². The summed E-state index contributed by atoms with van der Waals surface area (Å²) in [6.07, 6.45) is 4.51. The third-order valence-electron chi connectivity index (χ3n) is 4.56. The number of nitrogens with zero attached hydrogens (tertiary/aromatic N) is 1. The van der Waals surface area contributed by atoms with Crippen LogP contribution in [0.1, 0.15) is 18.4 Å². The van der Waals surface area contributed by atoms with Gasteiger partial charge in [-0.05, 0) is 42.9 Å². The molecule has 0 spiro atoms. The molecule has 4 nitrogen and oxygen atoms in total. The predicted molar refractivity (Wildman–Crippen MR) is 81.7 cm³/mol. The number of para-hydroxylation sites is 1. The molecule has 21 heavy (non-hydrogen) atoms. The van der Waals surface area contributed by atoms with Crippen LogP contribution in [-0.4, -0.2) is 24.6 Å². The topological polar surface area (TPSA) is 65.2 Å². The zero-order valence-electron chi connectivity index (χ0n) is 12.2. The first-order valence-corrected chi connectivity index (χ1v) is 7.32. The van der Waals surface area contributed by atoms with Gasteiger partial charge in [0.1, 0.15) is 0 Å². The largest absolute Gasteiger partial charge is 0.469 e. The minimum atomic E-state index is -0.598. The number of aromatic nitrogens is 1. The number of ether oxygens (including phenoxy) is 1. The van der Waals surface area contributed by atoms with Crippen molar-refractivity contribution in [3.8, 4) is 0 Å². The summed E-state index contributed by atoms with van der Waals surface area (Å²) < 4.78 is 5.06. The molecule has 0 aliphatic heterocycles. The summed E-state index contributed by atoms with van der Waals surface area (Å²) in [5.41, 5.74) is 7.46. The molecule has 2 aromatic rings. The number of hydrogen-bond donors (Lipinski definition) is 1. The highest BCUT2D eigenvalue weighted by Gasteiger charge is 2.50. The van der Waals surface area contributed by atoms with Gasteiger partial charge in [-0.1, -0.05) is 18.2 Å². The van der Waals surface area contributed by atoms with E-state index in [9.17, 15) is 4.79 Å². The van der Waals surface area contributed by atoms with Gasteiger partial charge in [0, 0.05) is 18.1 Å². The molecule has 1 atom stereocenters. The number of benzene rings is 1. The number of rotatable bonds is 5. The van der Waals surface area contributed by atoms with Crippen LogP contribution in [0.15, 0.2) is 36.5 Å². The van der Waals surface area contributed by atoms with E-state index in [1.165, 1.54) is 7.11 Å². The number of hydrogen-bond acceptors (Lipinski definition) is 4. The lowest BCUT2D eigenvalue weighted by Crippen LogP contribution is -2.43. The number of carbonyl (C=O) groups is 1. The van der Waals surface area contributed by atoms with Crippen molar-refractivity contribution in [2.75, 3.05) is 13.7 Å². The zero-order valence-corrected chi connectivity index (χ0v) is 12.2. The minimum Gasteiger partial charge on any atom is -0.469 e. The van der Waals surface area contributed by atoms with E-state index in [4.69, 9.17) is 10.5 Å². The van der Waals surface area contributed by atoms with Crippen molar-refractivity contribution in [3.05, 3.63) is 42.1 Å². The number of carbonyl (C=O) groups excluding carboxylic acids is 1. The van der Waals surface area contributed by atoms with Crippen molar-refractivity contribution in [2.45, 2.75) is 19.3 Å². The average Bonchev–Trinajstić information content (AvgIpc) is 3.37. The first kappa shape index (κ1) is 14.0. The molecule has 0 saturated heterocycles. The fourth-order valence-corrected chi connectivity index (χ4v) is 3.19. The summed E-state index contributed by atoms with van der Waals surface area (Å²) in [6, 6.07) is 9.98. The van der Waals surface area contributed by atoms with Crippen LogP contribution in [0, 0.1) is 11.3 Å². The Morgan fingerprint density at radius 2 is 2.14 bits per heavy atom. The lowest BCUT2D eigenvalue weighted by molar-refractivity contribution is -0.153. The van der Waals surface area contributed by atoms with E-state index in [0.29, 0.717) is 18.9 Å². The normalized spacial score (nSPS) is 17.4. The Kier molecular flexibility index (Phi) is 3.64. The van der Waals surface area contributed by atoms with Crippen LogP contribution in [0.4, 0.5) is 0 Å². The Balaban J connectivity index is 2.04. The Morgan fingerprint density at radius 3 is 2.81 bits per heavy atom. The molecule has 0 bridgehead atoms. The lowest BCUT2D eigenvalue weighted by Gasteiger charge is -2.30. The molecule has 1 aromatic heterocycles. The second-order valence-corrected chi connectivity index (χ2v) is 5.79. The molecule has 110 valence electrons. The summed E-state index contributed by atoms with van der Waals surface area (Å²) in [5.74, 6) is 0.148. The van der Waals surface area contributed by atoms with E-state index < -0.39 is 5.41 Å². The Labute approximate surface area is 124 Å². The first-order valence-electron chi connectivity index (χ1n) is 7.32. The number of methoxy groups -OCH3 is 1. The van der Waals surface area contributed by atoms with E-state index in [0.717, 1.165) is 29.3 Å². The highest BCUT2D eigenvalue weighted by molar-refractivity contribution is 5.84. The van der Waals surface area contributed by atoms with E-state index in [1.807, 2.05) is 30.3 Å². The van der Waals surface area contributed by atoms with Gasteiger partial charge < -0.3 is 10.5 Å². The Hall–Kier alpha value is -1.94. The molecule has 1 unspecified atom stereocenters. The van der Waals surface area contributed by atoms with Crippen molar-refractivity contribution in [3.63, 3.8) is 0 Å². The fourth-order valence-electron chi connectivity index (χ4n) is 3.19. The first-order chi connectivity index (χ1) is 10.2. The third kappa shape index (κ3) is 2.40. The van der Waals surface area contributed by atoms with Gasteiger partial charge >= 0.3 is 5.97 Å². The van der Waals surface area contributed by atoms with Crippen LogP contribution >= 0.6 is 0 Å². The minimum absolute atomic E-state index is 0.187. The molecular weight excluding hydrogens is 264 g/mol. The number of esters is 1. The molecule has 0 amide bonds. The van der Waals surface area contributed by atoms with Crippen LogP contribution in [0.2, 0.25) is 0 Å². The van der Waals surface area contributed by atoms with E-state index in [1.54, 1.807) is 6.20 Å². The average molecular weight is 284 g/mol. The van der Waals surface area contributed by atoms with E-state index >= 15 is 0 Å². The molecule has 3 rings (SSSR count). The molecule has 1 heterocycles. The van der Waals surface area contributed by atoms with Crippen molar-refractivity contribution in [1.82, 2.24) is 4.98 Å². The van der Waals surface area contributed by atoms with Crippen molar-refractivity contribution in [2.24, 2.45) is 17.1 Å². The summed E-state index contributed by atoms with van der Waals surface area (Å²) >= 11 is 0. The van der Waals surface area contributed by atoms with Crippen molar-refractivity contribution >= 4 is 16.9 Å². The molecule has 4 heteroatoms. The van der Waals surface area contributed by atoms with Gasteiger partial charge in [-0.15, -0.1) is 0 Å². The highest BCUT2D eigenvalue weighted by atomic mass is 16.5. The standard InChI is InChI=1S/C17H20N2O2/c1-21-16(20)17(11-18,13-6-7-13)10-12-8-9-19-15-5-3-2-4-14(12)15/h2-5,8-9,13H,6-7,10-11,18H2,1H3. The maximum absolute atomic E-state index is 12.4. The molecule has 1 aliphatic carbocycles. The molecule has 1 aliphatic rings. The summed E-state index contributed by atoms with van der Waals surface area (Å²) in [6.45, 7) is 0.320. The fraction of sp³-hybridized carbons (Fsp3) is 0.412. The summed E-state index contributed by atoms with van der Waals surface area (Å²) in [5, 5.41) is 1.09. The van der Waals surface area contributed by atoms with E-state index in [-0.39, 0.29) is 5.97 Å². The van der Waals surface area contributed by atoms with Gasteiger partial charge in [0.05, 0.1) is 18.0 Å². The lowest BCUT2D eigenvalue weighted by atomic mass is 9.76. The van der Waals surface area contributed by atoms with Crippen LogP contribution < -0.4 is 5.73 Å². The van der Waals surface area contributed by atoms with Gasteiger partial charge in [0.25, 0.3) is 0 Å². The second-order valence-electron chi connectivity index (χ2n) is 5.79. The molecule has 1 saturated carbocycles. The second kappa shape index (κ2) is 5.45. The molecule has 0 radical (unpaired) electrons. The molecular formula is C17H20N2O2. The molecule has 2 N–H and O–H groups in total. The number of fused-ring (bicyclic) bond motifs is 1. The van der Waals surface area contributed by atoms with Crippen LogP contribution in [0.25, 0.3) is 10.9 Å². The van der Waals surface area contributed by atoms with E-state index in [2.05, 4.69) is 4.98 Å². The number of nitrogens with two attached hydrogens (primary N) is 1. The summed E-state index contributed by atoms with van der Waals surface area (Å²) in [4.78, 5) is 16.7. The summed E-state index contributed by atoms with van der Waals surface area (Å²) in [7, 11) is 1.44. The van der Waals surface area contributed by atoms with Crippen LogP contribution in [-0.2, 0) is 16.0 Å².